The Labute approximate surface area is 91.8 Å². The van der Waals surface area contributed by atoms with Gasteiger partial charge in [0.25, 0.3) is 0 Å². The molecule has 1 aliphatic carbocycles. The smallest absolute Gasteiger partial charge is 0.0720 e. The van der Waals surface area contributed by atoms with Crippen LogP contribution in [-0.2, 0) is 11.3 Å². The molecule has 2 rings (SSSR count). The van der Waals surface area contributed by atoms with E-state index < -0.39 is 0 Å². The van der Waals surface area contributed by atoms with Crippen molar-refractivity contribution in [3.05, 3.63) is 47.5 Å². The van der Waals surface area contributed by atoms with Gasteiger partial charge >= 0.3 is 0 Å². The standard InChI is InChI=1S/C14H18O/c1-12-7-9-14(10-8-12)15-11-13-5-3-2-4-6-13/h2-7,14H,8-11H2,1H3. The lowest BCUT2D eigenvalue weighted by Gasteiger charge is -2.20. The van der Waals surface area contributed by atoms with Crippen LogP contribution in [0.2, 0.25) is 0 Å². The van der Waals surface area contributed by atoms with Crippen molar-refractivity contribution in [2.24, 2.45) is 0 Å². The molecule has 1 aliphatic rings. The summed E-state index contributed by atoms with van der Waals surface area (Å²) in [6, 6.07) is 10.4. The summed E-state index contributed by atoms with van der Waals surface area (Å²) >= 11 is 0. The van der Waals surface area contributed by atoms with Gasteiger partial charge < -0.3 is 4.74 Å². The Kier molecular flexibility index (Phi) is 3.57. The maximum absolute atomic E-state index is 5.87. The molecule has 80 valence electrons. The molecule has 0 amide bonds. The first kappa shape index (κ1) is 10.4. The zero-order valence-electron chi connectivity index (χ0n) is 9.28. The van der Waals surface area contributed by atoms with Gasteiger partial charge in [-0.1, -0.05) is 42.0 Å². The Hall–Kier alpha value is -1.08. The highest BCUT2D eigenvalue weighted by Gasteiger charge is 2.12. The molecule has 0 spiro atoms. The number of ether oxygens (including phenoxy) is 1. The van der Waals surface area contributed by atoms with Crippen molar-refractivity contribution in [3.63, 3.8) is 0 Å². The van der Waals surface area contributed by atoms with E-state index in [4.69, 9.17) is 4.74 Å². The normalized spacial score (nSPS) is 21.1. The molecule has 0 radical (unpaired) electrons. The van der Waals surface area contributed by atoms with Gasteiger partial charge in [0.2, 0.25) is 0 Å². The van der Waals surface area contributed by atoms with Crippen molar-refractivity contribution in [2.75, 3.05) is 0 Å². The molecule has 1 nitrogen and oxygen atoms in total. The van der Waals surface area contributed by atoms with Crippen molar-refractivity contribution >= 4 is 0 Å². The van der Waals surface area contributed by atoms with Crippen LogP contribution < -0.4 is 0 Å². The molecule has 1 aromatic rings. The zero-order valence-corrected chi connectivity index (χ0v) is 9.28. The number of benzene rings is 1. The number of rotatable bonds is 3. The Morgan fingerprint density at radius 1 is 1.27 bits per heavy atom. The Balaban J connectivity index is 1.80. The first-order valence-electron chi connectivity index (χ1n) is 5.66. The Morgan fingerprint density at radius 3 is 2.73 bits per heavy atom. The quantitative estimate of drug-likeness (QED) is 0.679. The van der Waals surface area contributed by atoms with Crippen LogP contribution in [0.1, 0.15) is 31.7 Å². The Bertz CT molecular complexity index is 326. The molecular weight excluding hydrogens is 184 g/mol. The average Bonchev–Trinajstić information content (AvgIpc) is 2.30. The van der Waals surface area contributed by atoms with E-state index in [9.17, 15) is 0 Å². The van der Waals surface area contributed by atoms with E-state index in [2.05, 4.69) is 37.3 Å². The predicted octanol–water partition coefficient (Wildman–Crippen LogP) is 3.70. The van der Waals surface area contributed by atoms with Gasteiger partial charge in [0, 0.05) is 0 Å². The molecule has 0 aromatic heterocycles. The van der Waals surface area contributed by atoms with Crippen LogP contribution in [0.4, 0.5) is 0 Å². The SMILES string of the molecule is CC1=CCC(OCc2ccccc2)CC1. The maximum atomic E-state index is 5.87. The van der Waals surface area contributed by atoms with Crippen LogP contribution in [0.15, 0.2) is 42.0 Å². The van der Waals surface area contributed by atoms with Crippen LogP contribution in [0, 0.1) is 0 Å². The second-order valence-electron chi connectivity index (χ2n) is 4.24. The fourth-order valence-corrected chi connectivity index (χ4v) is 1.88. The van der Waals surface area contributed by atoms with Gasteiger partial charge in [-0.25, -0.2) is 0 Å². The summed E-state index contributed by atoms with van der Waals surface area (Å²) in [6.07, 6.45) is 6.18. The van der Waals surface area contributed by atoms with Crippen molar-refractivity contribution in [1.82, 2.24) is 0 Å². The van der Waals surface area contributed by atoms with Gasteiger partial charge in [0.05, 0.1) is 12.7 Å². The molecule has 1 atom stereocenters. The van der Waals surface area contributed by atoms with Crippen LogP contribution in [0.5, 0.6) is 0 Å². The molecular formula is C14H18O. The zero-order chi connectivity index (χ0) is 10.5. The molecule has 0 saturated carbocycles. The summed E-state index contributed by atoms with van der Waals surface area (Å²) in [5, 5.41) is 0. The van der Waals surface area contributed by atoms with Crippen LogP contribution in [0.25, 0.3) is 0 Å². The molecule has 1 aromatic carbocycles. The molecule has 0 N–H and O–H groups in total. The van der Waals surface area contributed by atoms with Crippen molar-refractivity contribution < 1.29 is 4.74 Å². The predicted molar refractivity (Wildman–Crippen MR) is 62.6 cm³/mol. The highest BCUT2D eigenvalue weighted by atomic mass is 16.5. The molecule has 0 saturated heterocycles. The lowest BCUT2D eigenvalue weighted by atomic mass is 9.98. The molecule has 0 heterocycles. The molecule has 0 fully saturated rings. The third kappa shape index (κ3) is 3.21. The van der Waals surface area contributed by atoms with Gasteiger partial charge in [-0.3, -0.25) is 0 Å². The van der Waals surface area contributed by atoms with E-state index in [0.29, 0.717) is 6.10 Å². The van der Waals surface area contributed by atoms with Gasteiger partial charge in [0.15, 0.2) is 0 Å². The first-order valence-corrected chi connectivity index (χ1v) is 5.66. The van der Waals surface area contributed by atoms with E-state index in [1.165, 1.54) is 24.0 Å². The van der Waals surface area contributed by atoms with Gasteiger partial charge in [-0.2, -0.15) is 0 Å². The third-order valence-corrected chi connectivity index (χ3v) is 2.92. The molecule has 0 bridgehead atoms. The van der Waals surface area contributed by atoms with E-state index in [1.54, 1.807) is 0 Å². The van der Waals surface area contributed by atoms with Crippen molar-refractivity contribution in [2.45, 2.75) is 38.9 Å². The van der Waals surface area contributed by atoms with Gasteiger partial charge in [-0.05, 0) is 31.7 Å². The van der Waals surface area contributed by atoms with Crippen LogP contribution in [-0.4, -0.2) is 6.10 Å². The molecule has 0 aliphatic heterocycles. The monoisotopic (exact) mass is 202 g/mol. The van der Waals surface area contributed by atoms with Gasteiger partial charge in [-0.15, -0.1) is 0 Å². The number of allylic oxidation sites excluding steroid dienone is 1. The fourth-order valence-electron chi connectivity index (χ4n) is 1.88. The molecule has 1 unspecified atom stereocenters. The fraction of sp³-hybridized carbons (Fsp3) is 0.429. The largest absolute Gasteiger partial charge is 0.373 e. The second-order valence-corrected chi connectivity index (χ2v) is 4.24. The highest BCUT2D eigenvalue weighted by Crippen LogP contribution is 2.20. The van der Waals surface area contributed by atoms with E-state index in [-0.39, 0.29) is 0 Å². The van der Waals surface area contributed by atoms with E-state index in [1.807, 2.05) is 6.07 Å². The third-order valence-electron chi connectivity index (χ3n) is 2.92. The van der Waals surface area contributed by atoms with Gasteiger partial charge in [0.1, 0.15) is 0 Å². The van der Waals surface area contributed by atoms with Crippen LogP contribution >= 0.6 is 0 Å². The highest BCUT2D eigenvalue weighted by molar-refractivity contribution is 5.13. The first-order chi connectivity index (χ1) is 7.34. The summed E-state index contributed by atoms with van der Waals surface area (Å²) < 4.78 is 5.87. The lowest BCUT2D eigenvalue weighted by Crippen LogP contribution is -2.15. The molecule has 1 heteroatoms. The van der Waals surface area contributed by atoms with E-state index >= 15 is 0 Å². The van der Waals surface area contributed by atoms with Crippen LogP contribution in [0.3, 0.4) is 0 Å². The summed E-state index contributed by atoms with van der Waals surface area (Å²) in [6.45, 7) is 2.95. The number of hydrogen-bond acceptors (Lipinski definition) is 1. The maximum Gasteiger partial charge on any atom is 0.0720 e. The minimum atomic E-state index is 0.425. The Morgan fingerprint density at radius 2 is 2.07 bits per heavy atom. The topological polar surface area (TPSA) is 9.23 Å². The lowest BCUT2D eigenvalue weighted by molar-refractivity contribution is 0.0343. The van der Waals surface area contributed by atoms with Crippen molar-refractivity contribution in [3.8, 4) is 0 Å². The minimum absolute atomic E-state index is 0.425. The summed E-state index contributed by atoms with van der Waals surface area (Å²) in [4.78, 5) is 0. The summed E-state index contributed by atoms with van der Waals surface area (Å²) in [7, 11) is 0. The second kappa shape index (κ2) is 5.13. The summed E-state index contributed by atoms with van der Waals surface area (Å²) in [5.41, 5.74) is 2.78. The molecule has 15 heavy (non-hydrogen) atoms. The van der Waals surface area contributed by atoms with Crippen molar-refractivity contribution in [1.29, 1.82) is 0 Å². The number of hydrogen-bond donors (Lipinski definition) is 0. The summed E-state index contributed by atoms with van der Waals surface area (Å²) in [5.74, 6) is 0. The van der Waals surface area contributed by atoms with E-state index in [0.717, 1.165) is 13.0 Å². The minimum Gasteiger partial charge on any atom is -0.373 e. The average molecular weight is 202 g/mol.